The van der Waals surface area contributed by atoms with Gasteiger partial charge in [-0.05, 0) is 36.8 Å². The fourth-order valence-electron chi connectivity index (χ4n) is 4.26. The maximum Gasteiger partial charge on any atom is 0.526 e. The second kappa shape index (κ2) is 9.52. The molecule has 1 saturated carbocycles. The van der Waals surface area contributed by atoms with Gasteiger partial charge in [-0.3, -0.25) is 9.59 Å². The van der Waals surface area contributed by atoms with Gasteiger partial charge in [-0.1, -0.05) is 12.1 Å². The van der Waals surface area contributed by atoms with Crippen LogP contribution in [0.15, 0.2) is 18.2 Å². The van der Waals surface area contributed by atoms with Crippen LogP contribution in [0, 0.1) is 5.92 Å². The lowest BCUT2D eigenvalue weighted by atomic mass is 9.64. The molecule has 1 aliphatic heterocycles. The summed E-state index contributed by atoms with van der Waals surface area (Å²) >= 11 is 0. The van der Waals surface area contributed by atoms with Crippen LogP contribution in [0.25, 0.3) is 0 Å². The fraction of sp³-hybridized carbons (Fsp3) is 0.550. The number of hydrogen-bond donors (Lipinski definition) is 4. The molecule has 5 N–H and O–H groups in total. The molecule has 1 fully saturated rings. The van der Waals surface area contributed by atoms with Crippen LogP contribution in [-0.2, 0) is 16.0 Å². The summed E-state index contributed by atoms with van der Waals surface area (Å²) in [6, 6.07) is 4.64. The lowest BCUT2D eigenvalue weighted by Crippen LogP contribution is -2.43. The topological polar surface area (TPSA) is 139 Å². The van der Waals surface area contributed by atoms with Crippen molar-refractivity contribution in [1.29, 1.82) is 0 Å². The molecule has 1 aromatic rings. The number of Topliss-reactive ketones (excluding diaryl/α,β-unsaturated/α-hetero) is 2. The van der Waals surface area contributed by atoms with Crippen LogP contribution in [0.4, 0.5) is 0 Å². The third kappa shape index (κ3) is 5.23. The van der Waals surface area contributed by atoms with Crippen molar-refractivity contribution in [3.05, 3.63) is 29.3 Å². The van der Waals surface area contributed by atoms with Crippen molar-refractivity contribution in [3.8, 4) is 5.75 Å². The molecular formula is C20H27BN2O6. The van der Waals surface area contributed by atoms with Crippen molar-refractivity contribution in [3.63, 3.8) is 0 Å². The molecule has 29 heavy (non-hydrogen) atoms. The van der Waals surface area contributed by atoms with Crippen LogP contribution in [0.1, 0.15) is 48.0 Å². The lowest BCUT2D eigenvalue weighted by molar-refractivity contribution is -0.125. The summed E-state index contributed by atoms with van der Waals surface area (Å²) in [7, 11) is -1.23. The summed E-state index contributed by atoms with van der Waals surface area (Å²) in [6.07, 6.45) is 2.70. The molecule has 0 spiro atoms. The van der Waals surface area contributed by atoms with Crippen molar-refractivity contribution >= 4 is 24.7 Å². The van der Waals surface area contributed by atoms with Crippen LogP contribution in [-0.4, -0.2) is 53.9 Å². The van der Waals surface area contributed by atoms with Gasteiger partial charge in [-0.2, -0.15) is 0 Å². The monoisotopic (exact) mass is 402 g/mol. The lowest BCUT2D eigenvalue weighted by Gasteiger charge is -2.29. The molecule has 1 aromatic carbocycles. The molecule has 8 nitrogen and oxygen atoms in total. The Morgan fingerprint density at radius 3 is 2.72 bits per heavy atom. The third-order valence-electron chi connectivity index (χ3n) is 5.73. The molecule has 0 bridgehead atoms. The standard InChI is InChI=1S/C20H27BN2O6/c22-6-7-23-17-5-4-12(9-18(17)25)8-15(24)11-14-10-13-2-1-3-16(20(26)27)19(13)29-21(14)28/h1-3,12,14,17,23,28H,4-11,22H2,(H,26,27)/t12?,14-,17?/m1/s1. The fourth-order valence-corrected chi connectivity index (χ4v) is 4.26. The van der Waals surface area contributed by atoms with Crippen molar-refractivity contribution in [1.82, 2.24) is 5.32 Å². The van der Waals surface area contributed by atoms with E-state index < -0.39 is 18.9 Å². The van der Waals surface area contributed by atoms with Gasteiger partial charge < -0.3 is 25.8 Å². The van der Waals surface area contributed by atoms with Gasteiger partial charge in [0.1, 0.15) is 17.3 Å². The molecule has 1 heterocycles. The van der Waals surface area contributed by atoms with E-state index in [4.69, 9.17) is 10.4 Å². The smallest absolute Gasteiger partial charge is 0.526 e. The number of nitrogens with two attached hydrogens (primary N) is 1. The molecule has 0 radical (unpaired) electrons. The molecule has 2 unspecified atom stereocenters. The zero-order valence-corrected chi connectivity index (χ0v) is 16.3. The van der Waals surface area contributed by atoms with Crippen LogP contribution in [0.3, 0.4) is 0 Å². The van der Waals surface area contributed by atoms with E-state index in [1.807, 2.05) is 0 Å². The quantitative estimate of drug-likeness (QED) is 0.469. The highest BCUT2D eigenvalue weighted by Gasteiger charge is 2.38. The van der Waals surface area contributed by atoms with E-state index in [9.17, 15) is 24.5 Å². The average molecular weight is 402 g/mol. The van der Waals surface area contributed by atoms with Crippen LogP contribution < -0.4 is 15.7 Å². The maximum absolute atomic E-state index is 12.6. The largest absolute Gasteiger partial charge is 0.535 e. The number of carboxylic acids is 1. The number of ketones is 2. The van der Waals surface area contributed by atoms with E-state index in [1.165, 1.54) is 6.07 Å². The van der Waals surface area contributed by atoms with Gasteiger partial charge in [0.25, 0.3) is 0 Å². The minimum absolute atomic E-state index is 0.00448. The summed E-state index contributed by atoms with van der Waals surface area (Å²) < 4.78 is 5.45. The van der Waals surface area contributed by atoms with Gasteiger partial charge in [0.2, 0.25) is 0 Å². The highest BCUT2D eigenvalue weighted by molar-refractivity contribution is 6.47. The zero-order valence-electron chi connectivity index (χ0n) is 16.3. The summed E-state index contributed by atoms with van der Waals surface area (Å²) in [5, 5.41) is 22.7. The molecule has 156 valence electrons. The van der Waals surface area contributed by atoms with E-state index >= 15 is 0 Å². The molecule has 9 heteroatoms. The Bertz CT molecular complexity index is 786. The highest BCUT2D eigenvalue weighted by atomic mass is 16.5. The summed E-state index contributed by atoms with van der Waals surface area (Å²) in [4.78, 5) is 36.1. The summed E-state index contributed by atoms with van der Waals surface area (Å²) in [5.74, 6) is -1.24. The number of para-hydroxylation sites is 1. The number of aromatic carboxylic acids is 1. The Morgan fingerprint density at radius 2 is 2.03 bits per heavy atom. The zero-order chi connectivity index (χ0) is 21.0. The van der Waals surface area contributed by atoms with E-state index in [0.717, 1.165) is 6.42 Å². The summed E-state index contributed by atoms with van der Waals surface area (Å²) in [5.41, 5.74) is 6.14. The van der Waals surface area contributed by atoms with Crippen molar-refractivity contribution in [2.75, 3.05) is 13.1 Å². The first-order valence-electron chi connectivity index (χ1n) is 10.1. The van der Waals surface area contributed by atoms with E-state index in [2.05, 4.69) is 5.32 Å². The van der Waals surface area contributed by atoms with Gasteiger partial charge in [0.15, 0.2) is 0 Å². The predicted octanol–water partition coefficient (Wildman–Crippen LogP) is 0.806. The predicted molar refractivity (Wildman–Crippen MR) is 107 cm³/mol. The van der Waals surface area contributed by atoms with E-state index in [1.54, 1.807) is 12.1 Å². The Kier molecular flexibility index (Phi) is 7.05. The molecule has 0 amide bonds. The Hall–Kier alpha value is -2.23. The number of fused-ring (bicyclic) bond motifs is 1. The number of benzene rings is 1. The summed E-state index contributed by atoms with van der Waals surface area (Å²) in [6.45, 7) is 1.08. The normalized spacial score (nSPS) is 24.0. The number of rotatable bonds is 8. The molecule has 1 aliphatic carbocycles. The van der Waals surface area contributed by atoms with Crippen molar-refractivity contribution in [2.24, 2.45) is 11.7 Å². The first kappa shape index (κ1) is 21.5. The van der Waals surface area contributed by atoms with E-state index in [0.29, 0.717) is 44.3 Å². The van der Waals surface area contributed by atoms with Crippen molar-refractivity contribution < 1.29 is 29.2 Å². The second-order valence-corrected chi connectivity index (χ2v) is 7.93. The minimum atomic E-state index is -1.23. The number of carboxylic acid groups (broad SMARTS) is 1. The molecule has 2 aliphatic rings. The number of hydrogen-bond acceptors (Lipinski definition) is 7. The molecular weight excluding hydrogens is 375 g/mol. The second-order valence-electron chi connectivity index (χ2n) is 7.93. The first-order valence-corrected chi connectivity index (χ1v) is 10.1. The number of carbonyl (C=O) groups is 3. The van der Waals surface area contributed by atoms with Gasteiger partial charge in [-0.15, -0.1) is 0 Å². The highest BCUT2D eigenvalue weighted by Crippen LogP contribution is 2.37. The molecule has 3 rings (SSSR count). The van der Waals surface area contributed by atoms with Crippen molar-refractivity contribution in [2.45, 2.75) is 50.4 Å². The van der Waals surface area contributed by atoms with Gasteiger partial charge in [0, 0.05) is 38.2 Å². The van der Waals surface area contributed by atoms with Crippen LogP contribution in [0.5, 0.6) is 5.75 Å². The molecule has 0 aromatic heterocycles. The Balaban J connectivity index is 1.54. The molecule has 0 saturated heterocycles. The average Bonchev–Trinajstić information content (AvgIpc) is 2.67. The van der Waals surface area contributed by atoms with Gasteiger partial charge >= 0.3 is 13.1 Å². The SMILES string of the molecule is NCCNC1CCC(CC(=O)C[C@H]2Cc3cccc(C(=O)O)c3OB2O)CC1=O. The maximum atomic E-state index is 12.6. The number of nitrogens with one attached hydrogen (secondary N) is 1. The van der Waals surface area contributed by atoms with Gasteiger partial charge in [0.05, 0.1) is 11.6 Å². The number of carbonyl (C=O) groups excluding carboxylic acids is 2. The first-order chi connectivity index (χ1) is 13.9. The van der Waals surface area contributed by atoms with E-state index in [-0.39, 0.29) is 41.3 Å². The Morgan fingerprint density at radius 1 is 1.24 bits per heavy atom. The van der Waals surface area contributed by atoms with Crippen LogP contribution in [0.2, 0.25) is 5.82 Å². The third-order valence-corrected chi connectivity index (χ3v) is 5.73. The van der Waals surface area contributed by atoms with Gasteiger partial charge in [-0.25, -0.2) is 4.79 Å². The Labute approximate surface area is 169 Å². The molecule has 3 atom stereocenters. The minimum Gasteiger partial charge on any atom is -0.535 e. The van der Waals surface area contributed by atoms with Crippen LogP contribution >= 0.6 is 0 Å².